The molecule has 1 aliphatic carbocycles. The fourth-order valence-electron chi connectivity index (χ4n) is 4.34. The second-order valence-electron chi connectivity index (χ2n) is 8.28. The first-order valence-corrected chi connectivity index (χ1v) is 10.9. The number of amides is 3. The van der Waals surface area contributed by atoms with E-state index in [9.17, 15) is 9.59 Å². The van der Waals surface area contributed by atoms with Crippen LogP contribution in [0, 0.1) is 5.92 Å². The summed E-state index contributed by atoms with van der Waals surface area (Å²) in [6.07, 6.45) is 15.3. The molecule has 3 amide bonds. The number of nitrogens with zero attached hydrogens (tertiary/aromatic N) is 2. The van der Waals surface area contributed by atoms with Crippen LogP contribution in [0.5, 0.6) is 0 Å². The Bertz CT molecular complexity index is 614. The second kappa shape index (κ2) is 11.0. The Morgan fingerprint density at radius 1 is 1.18 bits per heavy atom. The number of pyridine rings is 1. The van der Waals surface area contributed by atoms with Crippen molar-refractivity contribution in [3.63, 3.8) is 0 Å². The predicted octanol–water partition coefficient (Wildman–Crippen LogP) is 3.62. The minimum atomic E-state index is -0.0455. The highest BCUT2D eigenvalue weighted by Gasteiger charge is 2.25. The van der Waals surface area contributed by atoms with Gasteiger partial charge in [-0.15, -0.1) is 0 Å². The van der Waals surface area contributed by atoms with Gasteiger partial charge in [-0.1, -0.05) is 51.0 Å². The van der Waals surface area contributed by atoms with Gasteiger partial charge in [0.1, 0.15) is 0 Å². The third-order valence-corrected chi connectivity index (χ3v) is 5.96. The van der Waals surface area contributed by atoms with Crippen molar-refractivity contribution >= 4 is 11.9 Å². The molecule has 1 saturated heterocycles. The third-order valence-electron chi connectivity index (χ3n) is 5.96. The van der Waals surface area contributed by atoms with Gasteiger partial charge in [0.15, 0.2) is 0 Å². The van der Waals surface area contributed by atoms with E-state index in [1.165, 1.54) is 44.9 Å². The Morgan fingerprint density at radius 2 is 1.96 bits per heavy atom. The molecule has 2 fully saturated rings. The summed E-state index contributed by atoms with van der Waals surface area (Å²) in [5.41, 5.74) is 1.00. The van der Waals surface area contributed by atoms with Gasteiger partial charge < -0.3 is 15.5 Å². The Morgan fingerprint density at radius 3 is 2.64 bits per heavy atom. The quantitative estimate of drug-likeness (QED) is 0.751. The van der Waals surface area contributed by atoms with Crippen molar-refractivity contribution in [2.75, 3.05) is 13.1 Å². The molecule has 2 heterocycles. The summed E-state index contributed by atoms with van der Waals surface area (Å²) < 4.78 is 0. The molecule has 0 unspecified atom stereocenters. The predicted molar refractivity (Wildman–Crippen MR) is 110 cm³/mol. The standard InChI is InChI=1S/C22H34N4O2/c27-21-11-10-20(25-21)17-26(16-19-9-6-13-23-15-19)22(28)24-14-12-18-7-4-2-1-3-5-8-18/h6,9,13,15,18,20H,1-5,7-8,10-12,14,16-17H2,(H,24,28)(H,25,27)/t20-/m0/s1. The molecule has 1 aromatic heterocycles. The first kappa shape index (κ1) is 20.6. The van der Waals surface area contributed by atoms with Crippen molar-refractivity contribution < 1.29 is 9.59 Å². The number of urea groups is 1. The zero-order valence-corrected chi connectivity index (χ0v) is 16.9. The summed E-state index contributed by atoms with van der Waals surface area (Å²) in [5.74, 6) is 0.817. The molecule has 154 valence electrons. The Kier molecular flexibility index (Phi) is 8.12. The van der Waals surface area contributed by atoms with Crippen LogP contribution >= 0.6 is 0 Å². The monoisotopic (exact) mass is 386 g/mol. The van der Waals surface area contributed by atoms with Crippen molar-refractivity contribution in [3.05, 3.63) is 30.1 Å². The minimum Gasteiger partial charge on any atom is -0.352 e. The molecule has 3 rings (SSSR count). The highest BCUT2D eigenvalue weighted by molar-refractivity contribution is 5.79. The number of aromatic nitrogens is 1. The fourth-order valence-corrected chi connectivity index (χ4v) is 4.34. The molecule has 2 aliphatic rings. The van der Waals surface area contributed by atoms with E-state index in [2.05, 4.69) is 15.6 Å². The van der Waals surface area contributed by atoms with Crippen molar-refractivity contribution in [2.24, 2.45) is 5.92 Å². The number of carbonyl (C=O) groups excluding carboxylic acids is 2. The van der Waals surface area contributed by atoms with Gasteiger partial charge in [-0.25, -0.2) is 4.79 Å². The van der Waals surface area contributed by atoms with Crippen molar-refractivity contribution in [1.82, 2.24) is 20.5 Å². The lowest BCUT2D eigenvalue weighted by Crippen LogP contribution is -2.46. The van der Waals surface area contributed by atoms with Crippen LogP contribution in [-0.2, 0) is 11.3 Å². The maximum Gasteiger partial charge on any atom is 0.317 e. The molecule has 1 aliphatic heterocycles. The number of hydrogen-bond donors (Lipinski definition) is 2. The highest BCUT2D eigenvalue weighted by atomic mass is 16.2. The maximum atomic E-state index is 12.9. The lowest BCUT2D eigenvalue weighted by atomic mass is 9.89. The number of carbonyl (C=O) groups is 2. The van der Waals surface area contributed by atoms with E-state index in [4.69, 9.17) is 0 Å². The highest BCUT2D eigenvalue weighted by Crippen LogP contribution is 2.24. The molecule has 28 heavy (non-hydrogen) atoms. The van der Waals surface area contributed by atoms with E-state index in [0.29, 0.717) is 19.5 Å². The molecule has 6 heteroatoms. The molecular weight excluding hydrogens is 352 g/mol. The van der Waals surface area contributed by atoms with Crippen LogP contribution in [0.4, 0.5) is 4.79 Å². The smallest absolute Gasteiger partial charge is 0.317 e. The minimum absolute atomic E-state index is 0.0422. The first-order valence-electron chi connectivity index (χ1n) is 10.9. The fraction of sp³-hybridized carbons (Fsp3) is 0.682. The average molecular weight is 387 g/mol. The first-order chi connectivity index (χ1) is 13.7. The average Bonchev–Trinajstić information content (AvgIpc) is 3.08. The van der Waals surface area contributed by atoms with Crippen molar-refractivity contribution in [2.45, 2.75) is 76.8 Å². The number of rotatable bonds is 7. The zero-order chi connectivity index (χ0) is 19.6. The molecule has 1 aromatic rings. The summed E-state index contributed by atoms with van der Waals surface area (Å²) in [6, 6.07) is 3.86. The van der Waals surface area contributed by atoms with E-state index in [1.807, 2.05) is 17.0 Å². The number of hydrogen-bond acceptors (Lipinski definition) is 3. The molecular formula is C22H34N4O2. The number of nitrogens with one attached hydrogen (secondary N) is 2. The van der Waals surface area contributed by atoms with Crippen LogP contribution in [0.3, 0.4) is 0 Å². The third kappa shape index (κ3) is 6.80. The molecule has 6 nitrogen and oxygen atoms in total. The van der Waals surface area contributed by atoms with Crippen LogP contribution in [0.25, 0.3) is 0 Å². The molecule has 1 saturated carbocycles. The van der Waals surface area contributed by atoms with Gasteiger partial charge in [0, 0.05) is 44.5 Å². The molecule has 0 spiro atoms. The largest absolute Gasteiger partial charge is 0.352 e. The Labute approximate surface area is 168 Å². The van der Waals surface area contributed by atoms with Gasteiger partial charge in [-0.2, -0.15) is 0 Å². The summed E-state index contributed by atoms with van der Waals surface area (Å²) in [6.45, 7) is 1.77. The van der Waals surface area contributed by atoms with Gasteiger partial charge in [0.2, 0.25) is 5.91 Å². The molecule has 0 radical (unpaired) electrons. The van der Waals surface area contributed by atoms with Crippen molar-refractivity contribution in [3.8, 4) is 0 Å². The molecule has 2 N–H and O–H groups in total. The summed E-state index contributed by atoms with van der Waals surface area (Å²) in [5, 5.41) is 6.09. The van der Waals surface area contributed by atoms with Gasteiger partial charge >= 0.3 is 6.03 Å². The maximum absolute atomic E-state index is 12.9. The summed E-state index contributed by atoms with van der Waals surface area (Å²) in [4.78, 5) is 30.3. The van der Waals surface area contributed by atoms with E-state index in [1.54, 1.807) is 12.4 Å². The van der Waals surface area contributed by atoms with E-state index in [-0.39, 0.29) is 18.0 Å². The van der Waals surface area contributed by atoms with Gasteiger partial charge in [0.25, 0.3) is 0 Å². The molecule has 0 bridgehead atoms. The Hall–Kier alpha value is -2.11. The van der Waals surface area contributed by atoms with Crippen LogP contribution in [0.2, 0.25) is 0 Å². The topological polar surface area (TPSA) is 74.3 Å². The lowest BCUT2D eigenvalue weighted by molar-refractivity contribution is -0.119. The van der Waals surface area contributed by atoms with E-state index >= 15 is 0 Å². The van der Waals surface area contributed by atoms with Crippen LogP contribution in [-0.4, -0.2) is 41.0 Å². The van der Waals surface area contributed by atoms with Gasteiger partial charge in [-0.05, 0) is 30.4 Å². The van der Waals surface area contributed by atoms with Crippen LogP contribution in [0.15, 0.2) is 24.5 Å². The van der Waals surface area contributed by atoms with Gasteiger partial charge in [0.05, 0.1) is 0 Å². The van der Waals surface area contributed by atoms with Crippen LogP contribution < -0.4 is 10.6 Å². The second-order valence-corrected chi connectivity index (χ2v) is 8.28. The van der Waals surface area contributed by atoms with Crippen LogP contribution in [0.1, 0.15) is 69.8 Å². The molecule has 0 aromatic carbocycles. The Balaban J connectivity index is 1.50. The summed E-state index contributed by atoms with van der Waals surface area (Å²) in [7, 11) is 0. The van der Waals surface area contributed by atoms with E-state index < -0.39 is 0 Å². The molecule has 1 atom stereocenters. The van der Waals surface area contributed by atoms with Gasteiger partial charge in [-0.3, -0.25) is 9.78 Å². The summed E-state index contributed by atoms with van der Waals surface area (Å²) >= 11 is 0. The lowest BCUT2D eigenvalue weighted by Gasteiger charge is -2.27. The van der Waals surface area contributed by atoms with Crippen molar-refractivity contribution in [1.29, 1.82) is 0 Å². The SMILES string of the molecule is O=C1CC[C@@H](CN(Cc2cccnc2)C(=O)NCCC2CCCCCCC2)N1. The van der Waals surface area contributed by atoms with E-state index in [0.717, 1.165) is 30.9 Å². The normalized spacial score (nSPS) is 20.9. The zero-order valence-electron chi connectivity index (χ0n) is 16.9.